The summed E-state index contributed by atoms with van der Waals surface area (Å²) in [6, 6.07) is 41.1. The van der Waals surface area contributed by atoms with Crippen molar-refractivity contribution in [3.05, 3.63) is 230 Å². The second-order valence-electron chi connectivity index (χ2n) is 26.1. The van der Waals surface area contributed by atoms with E-state index in [1.807, 2.05) is 91.0 Å². The number of rotatable bonds is 12. The summed E-state index contributed by atoms with van der Waals surface area (Å²) < 4.78 is 61.3. The van der Waals surface area contributed by atoms with Gasteiger partial charge in [-0.3, -0.25) is 14.4 Å². The average molecular weight is 1410 g/mol. The Morgan fingerprint density at radius 3 is 0.951 bits per heavy atom. The molecular formula is C76H82F3N15O9. The fourth-order valence-corrected chi connectivity index (χ4v) is 14.1. The molecule has 0 spiro atoms. The van der Waals surface area contributed by atoms with E-state index in [0.717, 1.165) is 67.5 Å². The number of nitrogens with two attached hydrogens (primary N) is 3. The third-order valence-corrected chi connectivity index (χ3v) is 19.4. The second kappa shape index (κ2) is 31.9. The lowest BCUT2D eigenvalue weighted by Crippen LogP contribution is -2.39. The number of nitrogens with one attached hydrogen (secondary N) is 6. The number of aryl methyl sites for hydroxylation is 3. The van der Waals surface area contributed by atoms with Crippen LogP contribution in [0.15, 0.2) is 146 Å². The minimum absolute atomic E-state index is 0. The third kappa shape index (κ3) is 16.4. The number of carbonyl (C=O) groups excluding carboxylic acids is 6. The molecule has 536 valence electrons. The van der Waals surface area contributed by atoms with E-state index in [1.165, 1.54) is 50.4 Å². The van der Waals surface area contributed by atoms with Gasteiger partial charge in [0.2, 0.25) is 0 Å². The van der Waals surface area contributed by atoms with Crippen LogP contribution in [-0.4, -0.2) is 103 Å². The van der Waals surface area contributed by atoms with Crippen LogP contribution in [-0.2, 0) is 72.6 Å². The topological polar surface area (TPSA) is 334 Å². The fourth-order valence-electron chi connectivity index (χ4n) is 14.1. The number of alkyl carbamates (subject to hydrolysis) is 3. The summed E-state index contributed by atoms with van der Waals surface area (Å²) in [6.45, 7) is 2.39. The maximum Gasteiger partial charge on any atom is 0.407 e. The molecule has 1 unspecified atom stereocenters. The Balaban J connectivity index is 0.000000145. The maximum absolute atomic E-state index is 13.9. The first-order valence-electron chi connectivity index (χ1n) is 34.2. The number of anilines is 6. The molecule has 6 atom stereocenters. The Morgan fingerprint density at radius 2 is 0.680 bits per heavy atom. The molecule has 6 heterocycles. The minimum atomic E-state index is -0.530. The van der Waals surface area contributed by atoms with Crippen LogP contribution in [0.2, 0.25) is 0 Å². The number of halogens is 3. The summed E-state index contributed by atoms with van der Waals surface area (Å²) in [5, 5.41) is 31.8. The molecule has 24 nitrogen and oxygen atoms in total. The van der Waals surface area contributed by atoms with Crippen LogP contribution in [0.1, 0.15) is 145 Å². The second-order valence-corrected chi connectivity index (χ2v) is 26.1. The lowest BCUT2D eigenvalue weighted by Gasteiger charge is -2.25. The van der Waals surface area contributed by atoms with Gasteiger partial charge >= 0.3 is 18.3 Å². The molecule has 9 aromatic rings. The van der Waals surface area contributed by atoms with Crippen molar-refractivity contribution in [1.29, 1.82) is 0 Å². The molecule has 6 aliphatic rings. The molecule has 3 aromatic heterocycles. The van der Waals surface area contributed by atoms with Crippen molar-refractivity contribution in [3.8, 4) is 0 Å². The van der Waals surface area contributed by atoms with Crippen LogP contribution in [0.3, 0.4) is 0 Å². The van der Waals surface area contributed by atoms with Crippen molar-refractivity contribution in [2.24, 2.45) is 0 Å². The van der Waals surface area contributed by atoms with Crippen LogP contribution in [0.4, 0.5) is 62.1 Å². The van der Waals surface area contributed by atoms with Crippen molar-refractivity contribution in [1.82, 2.24) is 45.3 Å². The summed E-state index contributed by atoms with van der Waals surface area (Å²) >= 11 is 0. The van der Waals surface area contributed by atoms with Crippen molar-refractivity contribution in [3.63, 3.8) is 0 Å². The number of hydrogen-bond donors (Lipinski definition) is 9. The predicted molar refractivity (Wildman–Crippen MR) is 382 cm³/mol. The number of ether oxygens (including phenoxy) is 3. The monoisotopic (exact) mass is 1410 g/mol. The van der Waals surface area contributed by atoms with E-state index in [0.29, 0.717) is 113 Å². The highest BCUT2D eigenvalue weighted by atomic mass is 19.1. The summed E-state index contributed by atoms with van der Waals surface area (Å²) in [4.78, 5) is 76.9. The van der Waals surface area contributed by atoms with E-state index in [1.54, 1.807) is 18.2 Å². The molecule has 15 rings (SSSR count). The van der Waals surface area contributed by atoms with Gasteiger partial charge in [0.15, 0.2) is 0 Å². The lowest BCUT2D eigenvalue weighted by atomic mass is 9.90. The van der Waals surface area contributed by atoms with E-state index in [4.69, 9.17) is 31.4 Å². The first kappa shape index (κ1) is 71.2. The molecule has 0 saturated carbocycles. The van der Waals surface area contributed by atoms with Gasteiger partial charge < -0.3 is 63.3 Å². The molecule has 6 aromatic carbocycles. The SMILES string of the molecule is C.Nc1c2c(nn1C(=O)C1CCNc3ccc(F)cc31)CC[C@@H](NC(=O)OCc1ccccc1)C2.Nc1c2c(nn1C(=O)[C@@H]1CCNc3ccc(F)cc31)CC[C@@H](NC(=O)OCc1ccccc1)C2.Nc1c2c(nn1C(=O)[C@H]1CCNc3ccc(F)cc31)CC[C@@H](NC(=O)OCc1ccccc1)C2. The molecule has 3 aliphatic carbocycles. The van der Waals surface area contributed by atoms with Gasteiger partial charge in [-0.15, -0.1) is 0 Å². The highest BCUT2D eigenvalue weighted by molar-refractivity contribution is 5.92. The number of aromatic nitrogens is 6. The fraction of sp³-hybridized carbons (Fsp3) is 0.329. The van der Waals surface area contributed by atoms with Crippen LogP contribution in [0.25, 0.3) is 0 Å². The third-order valence-electron chi connectivity index (χ3n) is 19.4. The lowest BCUT2D eigenvalue weighted by molar-refractivity contribution is 0.0851. The van der Waals surface area contributed by atoms with Crippen LogP contribution in [0, 0.1) is 17.5 Å². The van der Waals surface area contributed by atoms with Gasteiger partial charge in [0, 0.05) is 71.5 Å². The number of benzene rings is 6. The summed E-state index contributed by atoms with van der Waals surface area (Å²) in [5.74, 6) is -2.73. The molecule has 0 saturated heterocycles. The first-order valence-corrected chi connectivity index (χ1v) is 34.2. The van der Waals surface area contributed by atoms with E-state index in [-0.39, 0.29) is 98.0 Å². The highest BCUT2D eigenvalue weighted by Gasteiger charge is 2.38. The van der Waals surface area contributed by atoms with Crippen molar-refractivity contribution < 1.29 is 56.1 Å². The molecule has 12 N–H and O–H groups in total. The zero-order valence-corrected chi connectivity index (χ0v) is 55.8. The van der Waals surface area contributed by atoms with Gasteiger partial charge in [-0.25, -0.2) is 27.6 Å². The molecule has 0 fully saturated rings. The molecule has 0 radical (unpaired) electrons. The van der Waals surface area contributed by atoms with E-state index < -0.39 is 36.0 Å². The van der Waals surface area contributed by atoms with E-state index in [9.17, 15) is 41.9 Å². The van der Waals surface area contributed by atoms with Crippen LogP contribution in [0.5, 0.6) is 0 Å². The van der Waals surface area contributed by atoms with E-state index in [2.05, 4.69) is 47.2 Å². The quantitative estimate of drug-likeness (QED) is 0.0513. The summed E-state index contributed by atoms with van der Waals surface area (Å²) in [7, 11) is 0. The number of nitrogen functional groups attached to an aromatic ring is 3. The molecule has 27 heteroatoms. The number of hydrogen-bond acceptors (Lipinski definition) is 18. The van der Waals surface area contributed by atoms with Crippen LogP contribution < -0.4 is 49.1 Å². The summed E-state index contributed by atoms with van der Waals surface area (Å²) in [6.07, 6.45) is 5.24. The van der Waals surface area contributed by atoms with Gasteiger partial charge in [-0.2, -0.15) is 29.3 Å². The highest BCUT2D eigenvalue weighted by Crippen LogP contribution is 2.39. The molecule has 3 amide bonds. The largest absolute Gasteiger partial charge is 0.445 e. The van der Waals surface area contributed by atoms with Crippen molar-refractivity contribution in [2.75, 3.05) is 52.8 Å². The Hall–Kier alpha value is -11.6. The normalized spacial score (nSPS) is 18.7. The number of nitrogens with zero attached hydrogens (tertiary/aromatic N) is 6. The van der Waals surface area contributed by atoms with Gasteiger partial charge in [0.1, 0.15) is 54.7 Å². The molecule has 103 heavy (non-hydrogen) atoms. The summed E-state index contributed by atoms with van der Waals surface area (Å²) in [5.41, 5.74) is 30.5. The zero-order valence-electron chi connectivity index (χ0n) is 55.8. The zero-order chi connectivity index (χ0) is 71.0. The Bertz CT molecular complexity index is 4140. The standard InChI is InChI=1S/3C25H26FN5O3.CH4/c3*26-16-6-8-21-19(12-16)18(10-11-28-21)24(32)31-23(27)20-13-17(7-9-22(20)30-31)29-25(33)34-14-15-4-2-1-3-5-15;/h3*1-6,8,12,17-18,28H,7,9-11,13-14,27H2,(H,29,33);1H4/t17-,18?;17-,18+;17-,18-;/m111./s1. The minimum Gasteiger partial charge on any atom is -0.445 e. The number of amides is 3. The molecular weight excluding hydrogens is 1320 g/mol. The molecule has 3 aliphatic heterocycles. The van der Waals surface area contributed by atoms with Crippen molar-refractivity contribution >= 4 is 70.5 Å². The van der Waals surface area contributed by atoms with Gasteiger partial charge in [-0.05, 0) is 165 Å². The van der Waals surface area contributed by atoms with Gasteiger partial charge in [0.05, 0.1) is 34.8 Å². The number of carbonyl (C=O) groups is 6. The van der Waals surface area contributed by atoms with Gasteiger partial charge in [-0.1, -0.05) is 98.4 Å². The first-order chi connectivity index (χ1) is 49.5. The predicted octanol–water partition coefficient (Wildman–Crippen LogP) is 11.5. The Morgan fingerprint density at radius 1 is 0.408 bits per heavy atom. The molecule has 0 bridgehead atoms. The number of fused-ring (bicyclic) bond motifs is 6. The Labute approximate surface area is 592 Å². The van der Waals surface area contributed by atoms with Gasteiger partial charge in [0.25, 0.3) is 17.7 Å². The van der Waals surface area contributed by atoms with E-state index >= 15 is 0 Å². The van der Waals surface area contributed by atoms with Crippen molar-refractivity contribution in [2.45, 2.75) is 140 Å². The average Bonchev–Trinajstić information content (AvgIpc) is 1.72. The van der Waals surface area contributed by atoms with Crippen LogP contribution >= 0.6 is 0 Å². The smallest absolute Gasteiger partial charge is 0.407 e. The maximum atomic E-state index is 13.9. The Kier molecular flexibility index (Phi) is 22.1.